The van der Waals surface area contributed by atoms with Crippen molar-refractivity contribution in [2.45, 2.75) is 26.9 Å². The van der Waals surface area contributed by atoms with Crippen LogP contribution in [0.5, 0.6) is 5.75 Å². The summed E-state index contributed by atoms with van der Waals surface area (Å²) in [6.07, 6.45) is 4.37. The van der Waals surface area contributed by atoms with E-state index in [-0.39, 0.29) is 5.56 Å². The fourth-order valence-electron chi connectivity index (χ4n) is 3.85. The molecule has 0 spiro atoms. The van der Waals surface area contributed by atoms with Crippen molar-refractivity contribution in [3.8, 4) is 16.3 Å². The summed E-state index contributed by atoms with van der Waals surface area (Å²) < 4.78 is 7.09. The molecule has 0 bridgehead atoms. The molecule has 4 nitrogen and oxygen atoms in total. The van der Waals surface area contributed by atoms with Crippen molar-refractivity contribution >= 4 is 40.9 Å². The molecule has 2 aromatic heterocycles. The lowest BCUT2D eigenvalue weighted by atomic mass is 10.0. The first-order valence-electron chi connectivity index (χ1n) is 10.7. The van der Waals surface area contributed by atoms with Crippen LogP contribution in [0.2, 0.25) is 0 Å². The molecule has 0 saturated carbocycles. The number of fused-ring (bicyclic) bond motifs is 1. The van der Waals surface area contributed by atoms with E-state index in [4.69, 9.17) is 9.72 Å². The Balaban J connectivity index is 1.94. The first-order chi connectivity index (χ1) is 15.9. The van der Waals surface area contributed by atoms with Crippen LogP contribution in [0.15, 0.2) is 61.2 Å². The first kappa shape index (κ1) is 22.5. The second kappa shape index (κ2) is 9.43. The number of carboxylic acids is 1. The molecule has 2 aromatic carbocycles. The number of pyridine rings is 1. The Kier molecular flexibility index (Phi) is 6.43. The molecule has 0 aliphatic heterocycles. The topological polar surface area (TPSA) is 59.4 Å². The molecule has 4 aromatic rings. The second-order valence-corrected chi connectivity index (χ2v) is 8.79. The second-order valence-electron chi connectivity index (χ2n) is 7.74. The van der Waals surface area contributed by atoms with E-state index in [1.54, 1.807) is 23.5 Å². The van der Waals surface area contributed by atoms with Crippen molar-refractivity contribution in [2.75, 3.05) is 0 Å². The van der Waals surface area contributed by atoms with Crippen LogP contribution in [0.1, 0.15) is 34.0 Å². The van der Waals surface area contributed by atoms with Gasteiger partial charge >= 0.3 is 5.97 Å². The van der Waals surface area contributed by atoms with Gasteiger partial charge in [0.25, 0.3) is 0 Å². The molecule has 0 unspecified atom stereocenters. The number of thiophene rings is 1. The highest BCUT2D eigenvalue weighted by molar-refractivity contribution is 7.13. The first-order valence-corrected chi connectivity index (χ1v) is 11.5. The lowest BCUT2D eigenvalue weighted by molar-refractivity contribution is 0.0698. The number of benzene rings is 2. The quantitative estimate of drug-likeness (QED) is 0.400. The number of aromatic nitrogens is 1. The Morgan fingerprint density at radius 3 is 2.64 bits per heavy atom. The van der Waals surface area contributed by atoms with Gasteiger partial charge in [-0.1, -0.05) is 62.6 Å². The van der Waals surface area contributed by atoms with Crippen molar-refractivity contribution in [1.29, 1.82) is 0 Å². The number of carbonyl (C=O) groups is 1. The molecule has 166 valence electrons. The molecule has 2 heterocycles. The Hall–Kier alpha value is -3.70. The Morgan fingerprint density at radius 2 is 1.97 bits per heavy atom. The summed E-state index contributed by atoms with van der Waals surface area (Å²) in [6.45, 7) is 12.3. The molecule has 1 N–H and O–H groups in total. The third-order valence-corrected chi connectivity index (χ3v) is 6.98. The van der Waals surface area contributed by atoms with Gasteiger partial charge in [0.1, 0.15) is 12.4 Å². The predicted octanol–water partition coefficient (Wildman–Crippen LogP) is 5.49. The van der Waals surface area contributed by atoms with E-state index >= 15 is 0 Å². The number of hydrogen-bond donors (Lipinski definition) is 1. The maximum absolute atomic E-state index is 12.4. The van der Waals surface area contributed by atoms with E-state index in [0.29, 0.717) is 29.0 Å². The van der Waals surface area contributed by atoms with Crippen LogP contribution in [0.25, 0.3) is 34.1 Å². The summed E-state index contributed by atoms with van der Waals surface area (Å²) in [4.78, 5) is 18.2. The minimum atomic E-state index is -1.01. The van der Waals surface area contributed by atoms with Crippen molar-refractivity contribution in [1.82, 2.24) is 4.98 Å². The van der Waals surface area contributed by atoms with Gasteiger partial charge in [-0.2, -0.15) is 0 Å². The average molecular weight is 456 g/mol. The molecule has 0 aliphatic rings. The van der Waals surface area contributed by atoms with E-state index in [1.807, 2.05) is 62.4 Å². The summed E-state index contributed by atoms with van der Waals surface area (Å²) in [5.74, 6) is -0.493. The number of allylic oxidation sites excluding steroid dienone is 1. The minimum absolute atomic E-state index is 0.182. The van der Waals surface area contributed by atoms with E-state index in [0.717, 1.165) is 37.7 Å². The lowest BCUT2D eigenvalue weighted by Gasteiger charge is -2.15. The molecule has 0 radical (unpaired) electrons. The highest BCUT2D eigenvalue weighted by Crippen LogP contribution is 2.35. The number of aryl methyl sites for hydroxylation is 1. The lowest BCUT2D eigenvalue weighted by Crippen LogP contribution is -2.17. The van der Waals surface area contributed by atoms with Gasteiger partial charge in [-0.3, -0.25) is 0 Å². The van der Waals surface area contributed by atoms with Crippen molar-refractivity contribution in [2.24, 2.45) is 0 Å². The normalized spacial score (nSPS) is 11.6. The highest BCUT2D eigenvalue weighted by Gasteiger charge is 2.20. The zero-order valence-electron chi connectivity index (χ0n) is 18.7. The zero-order valence-corrected chi connectivity index (χ0v) is 19.5. The third-order valence-electron chi connectivity index (χ3n) is 5.66. The van der Waals surface area contributed by atoms with Crippen molar-refractivity contribution in [3.63, 3.8) is 0 Å². The molecular weight excluding hydrogens is 430 g/mol. The number of hydrogen-bond acceptors (Lipinski definition) is 4. The smallest absolute Gasteiger partial charge is 0.336 e. The van der Waals surface area contributed by atoms with Crippen LogP contribution < -0.4 is 14.5 Å². The SMILES string of the molecule is C=C/C=c1/sc(-c2cc(C(=O)O)c3c(OCc4ccccc4)ccc(CC)c3n2)c(C)c1=C. The molecule has 0 saturated heterocycles. The number of rotatable bonds is 7. The van der Waals surface area contributed by atoms with E-state index in [1.165, 1.54) is 0 Å². The van der Waals surface area contributed by atoms with Gasteiger partial charge in [-0.05, 0) is 53.5 Å². The summed E-state index contributed by atoms with van der Waals surface area (Å²) in [5, 5.41) is 11.6. The summed E-state index contributed by atoms with van der Waals surface area (Å²) in [7, 11) is 0. The molecule has 0 amide bonds. The number of carboxylic acid groups (broad SMARTS) is 1. The van der Waals surface area contributed by atoms with Crippen LogP contribution in [-0.4, -0.2) is 16.1 Å². The maximum Gasteiger partial charge on any atom is 0.336 e. The average Bonchev–Trinajstić information content (AvgIpc) is 3.11. The van der Waals surface area contributed by atoms with E-state index < -0.39 is 5.97 Å². The number of aromatic carboxylic acids is 1. The Morgan fingerprint density at radius 1 is 1.21 bits per heavy atom. The highest BCUT2D eigenvalue weighted by atomic mass is 32.1. The van der Waals surface area contributed by atoms with Gasteiger partial charge in [0.05, 0.1) is 27.0 Å². The number of nitrogens with zero attached hydrogens (tertiary/aromatic N) is 1. The van der Waals surface area contributed by atoms with Crippen LogP contribution >= 0.6 is 11.3 Å². The molecule has 4 rings (SSSR count). The summed E-state index contributed by atoms with van der Waals surface area (Å²) in [6, 6.07) is 15.3. The Labute approximate surface area is 196 Å². The molecule has 5 heteroatoms. The maximum atomic E-state index is 12.4. The molecule has 0 atom stereocenters. The largest absolute Gasteiger partial charge is 0.488 e. The van der Waals surface area contributed by atoms with Crippen LogP contribution in [-0.2, 0) is 13.0 Å². The van der Waals surface area contributed by atoms with Gasteiger partial charge in [-0.15, -0.1) is 11.3 Å². The van der Waals surface area contributed by atoms with E-state index in [9.17, 15) is 9.90 Å². The predicted molar refractivity (Wildman–Crippen MR) is 136 cm³/mol. The van der Waals surface area contributed by atoms with Crippen LogP contribution in [0.3, 0.4) is 0 Å². The van der Waals surface area contributed by atoms with Crippen LogP contribution in [0, 0.1) is 6.92 Å². The van der Waals surface area contributed by atoms with Gasteiger partial charge < -0.3 is 9.84 Å². The van der Waals surface area contributed by atoms with Gasteiger partial charge in [0, 0.05) is 4.53 Å². The van der Waals surface area contributed by atoms with Gasteiger partial charge in [0.2, 0.25) is 0 Å². The van der Waals surface area contributed by atoms with Gasteiger partial charge in [-0.25, -0.2) is 9.78 Å². The minimum Gasteiger partial charge on any atom is -0.488 e. The molecule has 33 heavy (non-hydrogen) atoms. The fraction of sp³-hybridized carbons (Fsp3) is 0.143. The summed E-state index contributed by atoms with van der Waals surface area (Å²) >= 11 is 1.54. The Bertz CT molecular complexity index is 1470. The molecular formula is C28H25NO3S. The summed E-state index contributed by atoms with van der Waals surface area (Å²) in [5.41, 5.74) is 4.45. The number of ether oxygens (including phenoxy) is 1. The third kappa shape index (κ3) is 4.32. The molecule has 0 fully saturated rings. The zero-order chi connectivity index (χ0) is 23.5. The van der Waals surface area contributed by atoms with Gasteiger partial charge in [0.15, 0.2) is 0 Å². The monoisotopic (exact) mass is 455 g/mol. The standard InChI is InChI=1S/C28H25NO3S/c1-5-10-24-17(3)18(4)27(33-24)22-15-21(28(30)31)25-23(14-13-20(6-2)26(25)29-22)32-16-19-11-8-7-9-12-19/h5,7-15H,1,3,6,16H2,2,4H3,(H,30,31)/b24-10+. The molecule has 0 aliphatic carbocycles. The van der Waals surface area contributed by atoms with E-state index in [2.05, 4.69) is 13.2 Å². The van der Waals surface area contributed by atoms with Crippen molar-refractivity contribution < 1.29 is 14.6 Å². The fourth-order valence-corrected chi connectivity index (χ4v) is 4.99. The van der Waals surface area contributed by atoms with Crippen molar-refractivity contribution in [3.05, 3.63) is 93.2 Å². The van der Waals surface area contributed by atoms with Crippen LogP contribution in [0.4, 0.5) is 0 Å².